The summed E-state index contributed by atoms with van der Waals surface area (Å²) >= 11 is 0. The van der Waals surface area contributed by atoms with E-state index in [1.807, 2.05) is 26.2 Å². The van der Waals surface area contributed by atoms with Crippen molar-refractivity contribution in [1.82, 2.24) is 19.9 Å². The number of benzene rings is 2. The molecule has 6 nitrogen and oxygen atoms in total. The molecule has 0 radical (unpaired) electrons. The Bertz CT molecular complexity index is 1260. The molecule has 33 heavy (non-hydrogen) atoms. The van der Waals surface area contributed by atoms with Crippen molar-refractivity contribution in [2.75, 3.05) is 39.6 Å². The molecule has 4 rings (SSSR count). The number of pyridine rings is 1. The molecule has 0 aliphatic heterocycles. The predicted molar refractivity (Wildman–Crippen MR) is 126 cm³/mol. The maximum atomic E-state index is 14.6. The average Bonchev–Trinajstić information content (AvgIpc) is 2.82. The Morgan fingerprint density at radius 1 is 1.03 bits per heavy atom. The van der Waals surface area contributed by atoms with Gasteiger partial charge in [-0.15, -0.1) is 0 Å². The number of ether oxygens (including phenoxy) is 1. The molecule has 0 fully saturated rings. The lowest BCUT2D eigenvalue weighted by Crippen LogP contribution is -2.15. The largest absolute Gasteiger partial charge is 0.491 e. The fraction of sp³-hybridized carbons (Fsp3) is 0.240. The minimum Gasteiger partial charge on any atom is -0.491 e. The molecule has 0 aliphatic rings. The van der Waals surface area contributed by atoms with Crippen molar-refractivity contribution >= 4 is 16.7 Å². The van der Waals surface area contributed by atoms with Crippen LogP contribution in [0.2, 0.25) is 0 Å². The molecule has 0 saturated carbocycles. The van der Waals surface area contributed by atoms with Crippen molar-refractivity contribution in [3.63, 3.8) is 0 Å². The summed E-state index contributed by atoms with van der Waals surface area (Å²) in [6.45, 7) is 1.30. The highest BCUT2D eigenvalue weighted by atomic mass is 19.1. The van der Waals surface area contributed by atoms with Gasteiger partial charge in [0.2, 0.25) is 0 Å². The minimum atomic E-state index is -0.520. The highest BCUT2D eigenvalue weighted by molar-refractivity contribution is 5.97. The van der Waals surface area contributed by atoms with Crippen molar-refractivity contribution < 1.29 is 13.5 Å². The SMILES string of the molecule is CNc1nc(-c2cccnc2)nc2c(OCCCN(C)C)cc(-c3cc(F)ccc3F)cc12. The molecule has 0 spiro atoms. The van der Waals surface area contributed by atoms with Crippen LogP contribution in [-0.2, 0) is 0 Å². The van der Waals surface area contributed by atoms with Gasteiger partial charge >= 0.3 is 0 Å². The van der Waals surface area contributed by atoms with Crippen molar-refractivity contribution in [3.05, 3.63) is 66.5 Å². The van der Waals surface area contributed by atoms with Crippen molar-refractivity contribution in [2.45, 2.75) is 6.42 Å². The summed E-state index contributed by atoms with van der Waals surface area (Å²) in [4.78, 5) is 15.6. The predicted octanol–water partition coefficient (Wildman–Crippen LogP) is 5.01. The van der Waals surface area contributed by atoms with Gasteiger partial charge in [0.1, 0.15) is 28.7 Å². The number of rotatable bonds is 8. The first-order valence-electron chi connectivity index (χ1n) is 10.6. The van der Waals surface area contributed by atoms with Crippen molar-refractivity contribution in [2.24, 2.45) is 0 Å². The zero-order valence-electron chi connectivity index (χ0n) is 18.8. The third-order valence-electron chi connectivity index (χ3n) is 5.17. The molecule has 2 heterocycles. The first-order valence-corrected chi connectivity index (χ1v) is 10.6. The van der Waals surface area contributed by atoms with Gasteiger partial charge in [-0.3, -0.25) is 4.98 Å². The van der Waals surface area contributed by atoms with E-state index in [-0.39, 0.29) is 5.56 Å². The summed E-state index contributed by atoms with van der Waals surface area (Å²) in [7, 11) is 5.74. The lowest BCUT2D eigenvalue weighted by atomic mass is 10.0. The quantitative estimate of drug-likeness (QED) is 0.382. The molecule has 2 aromatic carbocycles. The van der Waals surface area contributed by atoms with E-state index in [2.05, 4.69) is 20.2 Å². The van der Waals surface area contributed by atoms with Crippen LogP contribution in [0.3, 0.4) is 0 Å². The Kier molecular flexibility index (Phi) is 6.74. The van der Waals surface area contributed by atoms with Gasteiger partial charge in [-0.25, -0.2) is 18.7 Å². The van der Waals surface area contributed by atoms with Gasteiger partial charge in [0.15, 0.2) is 5.82 Å². The van der Waals surface area contributed by atoms with Crippen LogP contribution >= 0.6 is 0 Å². The van der Waals surface area contributed by atoms with E-state index in [0.717, 1.165) is 30.7 Å². The smallest absolute Gasteiger partial charge is 0.163 e. The van der Waals surface area contributed by atoms with Crippen LogP contribution in [0.4, 0.5) is 14.6 Å². The fourth-order valence-electron chi connectivity index (χ4n) is 3.56. The van der Waals surface area contributed by atoms with Crippen LogP contribution in [0.1, 0.15) is 6.42 Å². The second-order valence-electron chi connectivity index (χ2n) is 7.89. The molecule has 0 aliphatic carbocycles. The molecular weight excluding hydrogens is 424 g/mol. The van der Waals surface area contributed by atoms with Gasteiger partial charge in [0, 0.05) is 42.5 Å². The molecule has 0 amide bonds. The maximum Gasteiger partial charge on any atom is 0.163 e. The van der Waals surface area contributed by atoms with E-state index in [1.165, 1.54) is 6.07 Å². The summed E-state index contributed by atoms with van der Waals surface area (Å²) in [5.41, 5.74) is 1.97. The molecule has 0 atom stereocenters. The monoisotopic (exact) mass is 449 g/mol. The second kappa shape index (κ2) is 9.87. The molecule has 0 saturated heterocycles. The molecule has 0 unspecified atom stereocenters. The van der Waals surface area contributed by atoms with Crippen molar-refractivity contribution in [3.8, 4) is 28.3 Å². The number of aromatic nitrogens is 3. The van der Waals surface area contributed by atoms with Crippen LogP contribution in [0.25, 0.3) is 33.4 Å². The number of fused-ring (bicyclic) bond motifs is 1. The van der Waals surface area contributed by atoms with Gasteiger partial charge < -0.3 is 15.0 Å². The van der Waals surface area contributed by atoms with E-state index in [9.17, 15) is 8.78 Å². The van der Waals surface area contributed by atoms with Crippen LogP contribution in [0.15, 0.2) is 54.9 Å². The van der Waals surface area contributed by atoms with E-state index in [0.29, 0.717) is 40.5 Å². The standard InChI is InChI=1S/C25H25F2N5O/c1-28-25-20-12-17(19-14-18(26)7-8-21(19)27)13-22(33-11-5-10-32(2)3)23(20)30-24(31-25)16-6-4-9-29-15-16/h4,6-9,12-15H,5,10-11H2,1-3H3,(H,28,30,31). The molecule has 4 aromatic rings. The van der Waals surface area contributed by atoms with E-state index in [1.54, 1.807) is 31.6 Å². The van der Waals surface area contributed by atoms with Gasteiger partial charge in [0.05, 0.1) is 6.61 Å². The number of nitrogens with one attached hydrogen (secondary N) is 1. The van der Waals surface area contributed by atoms with Gasteiger partial charge in [0.25, 0.3) is 0 Å². The number of halogens is 2. The Labute approximate surface area is 191 Å². The van der Waals surface area contributed by atoms with Crippen LogP contribution in [0, 0.1) is 11.6 Å². The topological polar surface area (TPSA) is 63.2 Å². The molecule has 2 aromatic heterocycles. The molecular formula is C25H25F2N5O. The second-order valence-corrected chi connectivity index (χ2v) is 7.89. The minimum absolute atomic E-state index is 0.147. The summed E-state index contributed by atoms with van der Waals surface area (Å²) in [5, 5.41) is 3.74. The summed E-state index contributed by atoms with van der Waals surface area (Å²) in [6.07, 6.45) is 4.17. The van der Waals surface area contributed by atoms with Crippen LogP contribution in [0.5, 0.6) is 5.75 Å². The highest BCUT2D eigenvalue weighted by Gasteiger charge is 2.17. The van der Waals surface area contributed by atoms with Gasteiger partial charge in [-0.05, 0) is 68.5 Å². The lowest BCUT2D eigenvalue weighted by Gasteiger charge is -2.16. The number of hydrogen-bond donors (Lipinski definition) is 1. The van der Waals surface area contributed by atoms with E-state index in [4.69, 9.17) is 9.72 Å². The average molecular weight is 450 g/mol. The van der Waals surface area contributed by atoms with Crippen LogP contribution < -0.4 is 10.1 Å². The molecule has 0 bridgehead atoms. The van der Waals surface area contributed by atoms with Gasteiger partial charge in [-0.1, -0.05) is 0 Å². The third-order valence-corrected chi connectivity index (χ3v) is 5.17. The fourth-order valence-corrected chi connectivity index (χ4v) is 3.56. The Balaban J connectivity index is 1.88. The molecule has 170 valence electrons. The zero-order chi connectivity index (χ0) is 23.4. The number of nitrogens with zero attached hydrogens (tertiary/aromatic N) is 4. The Hall–Kier alpha value is -3.65. The highest BCUT2D eigenvalue weighted by Crippen LogP contribution is 2.37. The van der Waals surface area contributed by atoms with Crippen molar-refractivity contribution in [1.29, 1.82) is 0 Å². The summed E-state index contributed by atoms with van der Waals surface area (Å²) in [6, 6.07) is 10.5. The lowest BCUT2D eigenvalue weighted by molar-refractivity contribution is 0.284. The van der Waals surface area contributed by atoms with E-state index >= 15 is 0 Å². The summed E-state index contributed by atoms with van der Waals surface area (Å²) in [5.74, 6) is 0.484. The maximum absolute atomic E-state index is 14.6. The third kappa shape index (κ3) is 5.06. The normalized spacial score (nSPS) is 11.2. The number of anilines is 1. The van der Waals surface area contributed by atoms with Gasteiger partial charge in [-0.2, -0.15) is 0 Å². The van der Waals surface area contributed by atoms with Crippen LogP contribution in [-0.4, -0.2) is 54.1 Å². The Morgan fingerprint density at radius 3 is 2.61 bits per heavy atom. The summed E-state index contributed by atoms with van der Waals surface area (Å²) < 4.78 is 34.6. The number of hydrogen-bond acceptors (Lipinski definition) is 6. The first-order chi connectivity index (χ1) is 16.0. The molecule has 1 N–H and O–H groups in total. The first kappa shape index (κ1) is 22.5. The zero-order valence-corrected chi connectivity index (χ0v) is 18.8. The molecule has 8 heteroatoms. The Morgan fingerprint density at radius 2 is 1.88 bits per heavy atom. The van der Waals surface area contributed by atoms with E-state index < -0.39 is 11.6 Å².